The molecule has 3 rings (SSSR count). The second-order valence-electron chi connectivity index (χ2n) is 6.23. The molecule has 1 heterocycles. The van der Waals surface area contributed by atoms with Gasteiger partial charge in [0.15, 0.2) is 0 Å². The fourth-order valence-electron chi connectivity index (χ4n) is 3.27. The summed E-state index contributed by atoms with van der Waals surface area (Å²) in [5, 5.41) is 7.47. The predicted octanol–water partition coefficient (Wildman–Crippen LogP) is 3.00. The molecule has 0 aliphatic heterocycles. The molecule has 0 bridgehead atoms. The van der Waals surface area contributed by atoms with Gasteiger partial charge in [0.05, 0.1) is 0 Å². The van der Waals surface area contributed by atoms with Gasteiger partial charge in [-0.15, -0.1) is 0 Å². The van der Waals surface area contributed by atoms with Crippen molar-refractivity contribution in [3.63, 3.8) is 0 Å². The lowest BCUT2D eigenvalue weighted by Crippen LogP contribution is -2.53. The third-order valence-electron chi connectivity index (χ3n) is 4.46. The van der Waals surface area contributed by atoms with Crippen molar-refractivity contribution in [2.75, 3.05) is 0 Å². The first-order valence-corrected chi connectivity index (χ1v) is 8.77. The normalized spacial score (nSPS) is 19.8. The van der Waals surface area contributed by atoms with Crippen LogP contribution < -0.4 is 10.6 Å². The number of aromatic nitrogens is 1. The summed E-state index contributed by atoms with van der Waals surface area (Å²) < 4.78 is 0. The molecule has 3 N–H and O–H groups in total. The Labute approximate surface area is 151 Å². The SMILES string of the molecule is CC#CC(=O)N[C@@H]1CCCC[C@@H]1NC(=O)c1cc2cc(Cl)ccc2[nH]1. The van der Waals surface area contributed by atoms with Crippen LogP contribution in [-0.4, -0.2) is 28.9 Å². The number of nitrogens with one attached hydrogen (secondary N) is 3. The van der Waals surface area contributed by atoms with Gasteiger partial charge in [-0.2, -0.15) is 0 Å². The van der Waals surface area contributed by atoms with Gasteiger partial charge in [0.1, 0.15) is 5.69 Å². The molecular weight excluding hydrogens is 338 g/mol. The molecular formula is C19H20ClN3O2. The number of rotatable bonds is 3. The highest BCUT2D eigenvalue weighted by molar-refractivity contribution is 6.31. The van der Waals surface area contributed by atoms with Crippen LogP contribution in [0.1, 0.15) is 43.1 Å². The van der Waals surface area contributed by atoms with Gasteiger partial charge in [0, 0.05) is 28.0 Å². The minimum Gasteiger partial charge on any atom is -0.351 e. The highest BCUT2D eigenvalue weighted by Crippen LogP contribution is 2.22. The van der Waals surface area contributed by atoms with Gasteiger partial charge in [0.2, 0.25) is 0 Å². The van der Waals surface area contributed by atoms with Crippen LogP contribution >= 0.6 is 11.6 Å². The minimum atomic E-state index is -0.297. The molecule has 0 spiro atoms. The number of halogens is 1. The molecule has 0 saturated heterocycles. The number of benzene rings is 1. The Hall–Kier alpha value is -2.45. The maximum atomic E-state index is 12.6. The smallest absolute Gasteiger partial charge is 0.296 e. The van der Waals surface area contributed by atoms with Gasteiger partial charge < -0.3 is 15.6 Å². The average molecular weight is 358 g/mol. The lowest BCUT2D eigenvalue weighted by atomic mass is 9.90. The van der Waals surface area contributed by atoms with E-state index in [1.807, 2.05) is 12.1 Å². The Balaban J connectivity index is 1.72. The van der Waals surface area contributed by atoms with Crippen molar-refractivity contribution in [3.8, 4) is 11.8 Å². The van der Waals surface area contributed by atoms with E-state index in [1.165, 1.54) is 0 Å². The quantitative estimate of drug-likeness (QED) is 0.739. The van der Waals surface area contributed by atoms with Crippen molar-refractivity contribution in [2.45, 2.75) is 44.7 Å². The first kappa shape index (κ1) is 17.4. The standard InChI is InChI=1S/C19H20ClN3O2/c1-2-5-18(24)22-15-6-3-4-7-16(15)23-19(25)17-11-12-10-13(20)8-9-14(12)21-17/h8-11,15-16,21H,3-4,6-7H2,1H3,(H,22,24)(H,23,25)/t15-,16+/m1/s1. The van der Waals surface area contributed by atoms with E-state index in [0.717, 1.165) is 36.6 Å². The van der Waals surface area contributed by atoms with Crippen LogP contribution in [0.5, 0.6) is 0 Å². The third-order valence-corrected chi connectivity index (χ3v) is 4.70. The summed E-state index contributed by atoms with van der Waals surface area (Å²) in [6.07, 6.45) is 3.73. The van der Waals surface area contributed by atoms with E-state index in [9.17, 15) is 9.59 Å². The molecule has 5 nitrogen and oxygen atoms in total. The highest BCUT2D eigenvalue weighted by atomic mass is 35.5. The van der Waals surface area contributed by atoms with Crippen molar-refractivity contribution in [2.24, 2.45) is 0 Å². The molecule has 2 aromatic rings. The zero-order valence-electron chi connectivity index (χ0n) is 14.0. The van der Waals surface area contributed by atoms with E-state index in [0.29, 0.717) is 10.7 Å². The topological polar surface area (TPSA) is 74.0 Å². The summed E-state index contributed by atoms with van der Waals surface area (Å²) in [6.45, 7) is 1.63. The minimum absolute atomic E-state index is 0.0927. The van der Waals surface area contributed by atoms with Crippen LogP contribution in [0.4, 0.5) is 0 Å². The van der Waals surface area contributed by atoms with E-state index < -0.39 is 0 Å². The van der Waals surface area contributed by atoms with E-state index in [-0.39, 0.29) is 23.9 Å². The third kappa shape index (κ3) is 4.15. The maximum absolute atomic E-state index is 12.6. The fourth-order valence-corrected chi connectivity index (χ4v) is 3.45. The molecule has 6 heteroatoms. The van der Waals surface area contributed by atoms with Crippen molar-refractivity contribution in [3.05, 3.63) is 35.0 Å². The van der Waals surface area contributed by atoms with Crippen molar-refractivity contribution in [1.29, 1.82) is 0 Å². The Kier molecular flexibility index (Phi) is 5.30. The molecule has 1 aromatic heterocycles. The molecule has 0 radical (unpaired) electrons. The largest absolute Gasteiger partial charge is 0.351 e. The van der Waals surface area contributed by atoms with Crippen molar-refractivity contribution >= 4 is 34.3 Å². The number of carbonyl (C=O) groups excluding carboxylic acids is 2. The van der Waals surface area contributed by atoms with Gasteiger partial charge >= 0.3 is 0 Å². The van der Waals surface area contributed by atoms with Crippen LogP contribution in [0.25, 0.3) is 10.9 Å². The Bertz CT molecular complexity index is 862. The van der Waals surface area contributed by atoms with Crippen LogP contribution in [0.3, 0.4) is 0 Å². The van der Waals surface area contributed by atoms with Gasteiger partial charge in [0.25, 0.3) is 11.8 Å². The monoisotopic (exact) mass is 357 g/mol. The van der Waals surface area contributed by atoms with Gasteiger partial charge in [-0.05, 0) is 50.0 Å². The van der Waals surface area contributed by atoms with E-state index in [2.05, 4.69) is 27.5 Å². The Morgan fingerprint density at radius 1 is 1.16 bits per heavy atom. The highest BCUT2D eigenvalue weighted by Gasteiger charge is 2.28. The zero-order valence-corrected chi connectivity index (χ0v) is 14.7. The fraction of sp³-hybridized carbons (Fsp3) is 0.368. The number of aromatic amines is 1. The number of hydrogen-bond donors (Lipinski definition) is 3. The van der Waals surface area contributed by atoms with E-state index >= 15 is 0 Å². The summed E-state index contributed by atoms with van der Waals surface area (Å²) in [4.78, 5) is 27.5. The molecule has 1 aliphatic rings. The van der Waals surface area contributed by atoms with Crippen LogP contribution in [0.15, 0.2) is 24.3 Å². The summed E-state index contributed by atoms with van der Waals surface area (Å²) in [5.41, 5.74) is 1.35. The molecule has 25 heavy (non-hydrogen) atoms. The van der Waals surface area contributed by atoms with Gasteiger partial charge in [-0.1, -0.05) is 30.4 Å². The van der Waals surface area contributed by atoms with Crippen LogP contribution in [0.2, 0.25) is 5.02 Å². The van der Waals surface area contributed by atoms with Gasteiger partial charge in [-0.25, -0.2) is 0 Å². The first-order valence-electron chi connectivity index (χ1n) is 8.39. The lowest BCUT2D eigenvalue weighted by molar-refractivity contribution is -0.116. The first-order chi connectivity index (χ1) is 12.1. The number of hydrogen-bond acceptors (Lipinski definition) is 2. The molecule has 2 amide bonds. The maximum Gasteiger partial charge on any atom is 0.296 e. The van der Waals surface area contributed by atoms with Crippen molar-refractivity contribution in [1.82, 2.24) is 15.6 Å². The second kappa shape index (κ2) is 7.62. The molecule has 0 unspecified atom stereocenters. The molecule has 1 fully saturated rings. The molecule has 1 aromatic carbocycles. The number of H-pyrrole nitrogens is 1. The summed E-state index contributed by atoms with van der Waals surface area (Å²) in [6, 6.07) is 7.04. The van der Waals surface area contributed by atoms with Crippen LogP contribution in [-0.2, 0) is 4.79 Å². The summed E-state index contributed by atoms with van der Waals surface area (Å²) in [5.74, 6) is 4.60. The van der Waals surface area contributed by atoms with Gasteiger partial charge in [-0.3, -0.25) is 9.59 Å². The molecule has 130 valence electrons. The van der Waals surface area contributed by atoms with E-state index in [1.54, 1.807) is 19.1 Å². The summed E-state index contributed by atoms with van der Waals surface area (Å²) >= 11 is 5.99. The van der Waals surface area contributed by atoms with Crippen LogP contribution in [0, 0.1) is 11.8 Å². The molecule has 1 aliphatic carbocycles. The van der Waals surface area contributed by atoms with E-state index in [4.69, 9.17) is 11.6 Å². The Morgan fingerprint density at radius 2 is 1.88 bits per heavy atom. The average Bonchev–Trinajstić information content (AvgIpc) is 3.00. The Morgan fingerprint density at radius 3 is 2.60 bits per heavy atom. The number of fused-ring (bicyclic) bond motifs is 1. The van der Waals surface area contributed by atoms with Crippen molar-refractivity contribution < 1.29 is 9.59 Å². The second-order valence-corrected chi connectivity index (χ2v) is 6.67. The number of amides is 2. The molecule has 2 atom stereocenters. The zero-order chi connectivity index (χ0) is 17.8. The predicted molar refractivity (Wildman–Crippen MR) is 98.4 cm³/mol. The summed E-state index contributed by atoms with van der Waals surface area (Å²) in [7, 11) is 0. The molecule has 1 saturated carbocycles. The lowest BCUT2D eigenvalue weighted by Gasteiger charge is -2.32. The number of carbonyl (C=O) groups is 2.